The molecule has 0 aromatic heterocycles. The Hall–Kier alpha value is -0.260. The molecule has 0 nitrogen and oxygen atoms in total. The summed E-state index contributed by atoms with van der Waals surface area (Å²) in [6, 6.07) is 9.47. The van der Waals surface area contributed by atoms with Crippen molar-refractivity contribution in [1.29, 1.82) is 0 Å². The fourth-order valence-electron chi connectivity index (χ4n) is 1.75. The molecule has 0 saturated carbocycles. The van der Waals surface area contributed by atoms with Gasteiger partial charge in [-0.05, 0) is 35.7 Å². The van der Waals surface area contributed by atoms with E-state index >= 15 is 0 Å². The van der Waals surface area contributed by atoms with Gasteiger partial charge in [0.05, 0.1) is 0 Å². The van der Waals surface area contributed by atoms with Crippen LogP contribution in [0.15, 0.2) is 45.3 Å². The Labute approximate surface area is 135 Å². The van der Waals surface area contributed by atoms with Gasteiger partial charge in [-0.1, -0.05) is 59.9 Å². The van der Waals surface area contributed by atoms with Crippen LogP contribution in [0, 0.1) is 11.6 Å². The quantitative estimate of drug-likeness (QED) is 0.486. The van der Waals surface area contributed by atoms with E-state index in [4.69, 9.17) is 0 Å². The van der Waals surface area contributed by atoms with E-state index in [1.807, 2.05) is 18.2 Å². The molecule has 1 atom stereocenters. The third-order valence-electron chi connectivity index (χ3n) is 2.71. The third kappa shape index (κ3) is 3.86. The molecule has 0 heterocycles. The molecular weight excluding hydrogens is 446 g/mol. The second kappa shape index (κ2) is 6.46. The van der Waals surface area contributed by atoms with Crippen LogP contribution < -0.4 is 0 Å². The van der Waals surface area contributed by atoms with E-state index in [2.05, 4.69) is 47.8 Å². The first-order valence-corrected chi connectivity index (χ1v) is 8.00. The number of benzene rings is 2. The Morgan fingerprint density at radius 3 is 2.37 bits per heavy atom. The van der Waals surface area contributed by atoms with Crippen LogP contribution >= 0.6 is 47.8 Å². The molecule has 1 unspecified atom stereocenters. The molecule has 0 aliphatic carbocycles. The first kappa shape index (κ1) is 15.1. The smallest absolute Gasteiger partial charge is 0.129 e. The predicted octanol–water partition coefficient (Wildman–Crippen LogP) is 6.17. The van der Waals surface area contributed by atoms with E-state index in [1.54, 1.807) is 0 Å². The summed E-state index contributed by atoms with van der Waals surface area (Å²) >= 11 is 10.4. The molecule has 0 radical (unpaired) electrons. The third-order valence-corrected chi connectivity index (χ3v) is 4.71. The highest BCUT2D eigenvalue weighted by Gasteiger charge is 2.14. The molecule has 0 N–H and O–H groups in total. The maximum atomic E-state index is 13.6. The lowest BCUT2D eigenvalue weighted by molar-refractivity contribution is 0.571. The normalized spacial score (nSPS) is 12.5. The molecule has 2 rings (SSSR count). The van der Waals surface area contributed by atoms with Gasteiger partial charge in [0.25, 0.3) is 0 Å². The molecule has 19 heavy (non-hydrogen) atoms. The summed E-state index contributed by atoms with van der Waals surface area (Å²) in [5, 5.41) is 0. The van der Waals surface area contributed by atoms with Crippen LogP contribution in [0.3, 0.4) is 0 Å². The minimum atomic E-state index is -0.558. The summed E-state index contributed by atoms with van der Waals surface area (Å²) in [5.41, 5.74) is 1.50. The van der Waals surface area contributed by atoms with Crippen molar-refractivity contribution in [1.82, 2.24) is 0 Å². The number of halogens is 5. The summed E-state index contributed by atoms with van der Waals surface area (Å²) in [7, 11) is 0. The molecule has 0 spiro atoms. The van der Waals surface area contributed by atoms with Gasteiger partial charge in [0.2, 0.25) is 0 Å². The molecule has 0 saturated heterocycles. The second-order valence-corrected chi connectivity index (χ2v) is 6.95. The lowest BCUT2D eigenvalue weighted by atomic mass is 10.0. The topological polar surface area (TPSA) is 0 Å². The Balaban J connectivity index is 2.23. The number of hydrogen-bond acceptors (Lipinski definition) is 0. The van der Waals surface area contributed by atoms with Crippen molar-refractivity contribution < 1.29 is 8.78 Å². The molecule has 0 fully saturated rings. The number of hydrogen-bond donors (Lipinski definition) is 0. The van der Waals surface area contributed by atoms with Gasteiger partial charge in [-0.25, -0.2) is 8.78 Å². The molecule has 5 heteroatoms. The van der Waals surface area contributed by atoms with Gasteiger partial charge in [0.15, 0.2) is 0 Å². The average Bonchev–Trinajstić information content (AvgIpc) is 2.32. The monoisotopic (exact) mass is 452 g/mol. The van der Waals surface area contributed by atoms with Crippen molar-refractivity contribution in [3.8, 4) is 0 Å². The molecule has 2 aromatic carbocycles. The zero-order chi connectivity index (χ0) is 14.0. The van der Waals surface area contributed by atoms with Gasteiger partial charge >= 0.3 is 0 Å². The largest absolute Gasteiger partial charge is 0.207 e. The maximum Gasteiger partial charge on any atom is 0.129 e. The van der Waals surface area contributed by atoms with Crippen LogP contribution in [0.4, 0.5) is 8.78 Å². The Bertz CT molecular complexity index is 599. The van der Waals surface area contributed by atoms with Crippen molar-refractivity contribution in [2.24, 2.45) is 0 Å². The SMILES string of the molecule is Fc1ccc(CC(Br)c2ccc(Br)cc2Br)c(F)c1. The van der Waals surface area contributed by atoms with Crippen LogP contribution in [-0.4, -0.2) is 0 Å². The second-order valence-electron chi connectivity index (χ2n) is 4.07. The molecule has 2 aromatic rings. The van der Waals surface area contributed by atoms with Crippen molar-refractivity contribution >= 4 is 47.8 Å². The highest BCUT2D eigenvalue weighted by atomic mass is 79.9. The van der Waals surface area contributed by atoms with Crippen LogP contribution in [-0.2, 0) is 6.42 Å². The van der Waals surface area contributed by atoms with E-state index < -0.39 is 11.6 Å². The minimum absolute atomic E-state index is 0.0464. The van der Waals surface area contributed by atoms with Gasteiger partial charge in [0.1, 0.15) is 11.6 Å². The minimum Gasteiger partial charge on any atom is -0.207 e. The first-order valence-electron chi connectivity index (χ1n) is 5.50. The summed E-state index contributed by atoms with van der Waals surface area (Å²) < 4.78 is 28.4. The molecule has 0 amide bonds. The molecule has 0 bridgehead atoms. The standard InChI is InChI=1S/C14H9Br3F2/c15-9-2-4-11(13(17)6-9)12(16)5-8-1-3-10(18)7-14(8)19/h1-4,6-7,12H,5H2. The first-order chi connectivity index (χ1) is 8.97. The van der Waals surface area contributed by atoms with Crippen LogP contribution in [0.5, 0.6) is 0 Å². The van der Waals surface area contributed by atoms with Gasteiger partial charge in [-0.2, -0.15) is 0 Å². The van der Waals surface area contributed by atoms with Gasteiger partial charge in [0, 0.05) is 19.8 Å². The van der Waals surface area contributed by atoms with Gasteiger partial charge in [-0.15, -0.1) is 0 Å². The predicted molar refractivity (Wildman–Crippen MR) is 83.6 cm³/mol. The van der Waals surface area contributed by atoms with Crippen LogP contribution in [0.2, 0.25) is 0 Å². The zero-order valence-corrected chi connectivity index (χ0v) is 14.4. The van der Waals surface area contributed by atoms with Crippen molar-refractivity contribution in [3.05, 3.63) is 68.1 Å². The van der Waals surface area contributed by atoms with E-state index in [1.165, 1.54) is 12.1 Å². The number of rotatable bonds is 3. The number of alkyl halides is 1. The molecule has 100 valence electrons. The van der Waals surface area contributed by atoms with Crippen LogP contribution in [0.25, 0.3) is 0 Å². The van der Waals surface area contributed by atoms with Gasteiger partial charge < -0.3 is 0 Å². The average molecular weight is 455 g/mol. The van der Waals surface area contributed by atoms with E-state index in [9.17, 15) is 8.78 Å². The maximum absolute atomic E-state index is 13.6. The summed E-state index contributed by atoms with van der Waals surface area (Å²) in [4.78, 5) is -0.0464. The van der Waals surface area contributed by atoms with E-state index in [-0.39, 0.29) is 4.83 Å². The highest BCUT2D eigenvalue weighted by molar-refractivity contribution is 9.11. The van der Waals surface area contributed by atoms with Crippen molar-refractivity contribution in [2.45, 2.75) is 11.2 Å². The molecular formula is C14H9Br3F2. The fraction of sp³-hybridized carbons (Fsp3) is 0.143. The van der Waals surface area contributed by atoms with Gasteiger partial charge in [-0.3, -0.25) is 0 Å². The molecule has 0 aliphatic rings. The Morgan fingerprint density at radius 1 is 1.00 bits per heavy atom. The van der Waals surface area contributed by atoms with E-state index in [0.29, 0.717) is 12.0 Å². The lowest BCUT2D eigenvalue weighted by Gasteiger charge is -2.13. The fourth-order valence-corrected chi connectivity index (χ4v) is 4.12. The highest BCUT2D eigenvalue weighted by Crippen LogP contribution is 2.34. The summed E-state index contributed by atoms with van der Waals surface area (Å²) in [5.74, 6) is -1.07. The van der Waals surface area contributed by atoms with Crippen molar-refractivity contribution in [2.75, 3.05) is 0 Å². The zero-order valence-electron chi connectivity index (χ0n) is 9.64. The van der Waals surface area contributed by atoms with Crippen molar-refractivity contribution in [3.63, 3.8) is 0 Å². The lowest BCUT2D eigenvalue weighted by Crippen LogP contribution is -1.99. The summed E-state index contributed by atoms with van der Waals surface area (Å²) in [6.07, 6.45) is 0.451. The Kier molecular flexibility index (Phi) is 5.15. The molecule has 0 aliphatic heterocycles. The van der Waals surface area contributed by atoms with Crippen LogP contribution in [0.1, 0.15) is 16.0 Å². The van der Waals surface area contributed by atoms with E-state index in [0.717, 1.165) is 20.6 Å². The Morgan fingerprint density at radius 2 is 1.74 bits per heavy atom. The summed E-state index contributed by atoms with van der Waals surface area (Å²) in [6.45, 7) is 0.